The monoisotopic (exact) mass is 320 g/mol. The van der Waals surface area contributed by atoms with E-state index in [0.29, 0.717) is 10.9 Å². The third kappa shape index (κ3) is 4.05. The first-order valence-corrected chi connectivity index (χ1v) is 8.75. The van der Waals surface area contributed by atoms with E-state index in [0.717, 1.165) is 0 Å². The van der Waals surface area contributed by atoms with Crippen molar-refractivity contribution in [2.24, 2.45) is 0 Å². The van der Waals surface area contributed by atoms with E-state index in [1.54, 1.807) is 50.2 Å². The summed E-state index contributed by atoms with van der Waals surface area (Å²) in [4.78, 5) is 0. The molecule has 2 atom stereocenters. The second-order valence-corrected chi connectivity index (χ2v) is 7.19. The van der Waals surface area contributed by atoms with Gasteiger partial charge in [0.25, 0.3) is 0 Å². The summed E-state index contributed by atoms with van der Waals surface area (Å²) in [6.07, 6.45) is 0. The molecule has 0 fully saturated rings. The van der Waals surface area contributed by atoms with Crippen molar-refractivity contribution in [3.05, 3.63) is 66.2 Å². The highest BCUT2D eigenvalue weighted by atomic mass is 31.2. The first-order chi connectivity index (χ1) is 10.5. The van der Waals surface area contributed by atoms with E-state index in [-0.39, 0.29) is 13.2 Å². The number of rotatable bonds is 7. The Morgan fingerprint density at radius 2 is 1.55 bits per heavy atom. The van der Waals surface area contributed by atoms with Crippen molar-refractivity contribution in [3.63, 3.8) is 0 Å². The van der Waals surface area contributed by atoms with E-state index in [9.17, 15) is 9.67 Å². The molecule has 0 amide bonds. The van der Waals surface area contributed by atoms with Crippen molar-refractivity contribution in [2.75, 3.05) is 13.2 Å². The Bertz CT molecular complexity index is 626. The fourth-order valence-corrected chi connectivity index (χ4v) is 3.73. The van der Waals surface area contributed by atoms with E-state index in [2.05, 4.69) is 0 Å². The normalized spacial score (nSPS) is 16.7. The van der Waals surface area contributed by atoms with Crippen LogP contribution in [0, 0.1) is 0 Å². The van der Waals surface area contributed by atoms with Crippen LogP contribution >= 0.6 is 7.60 Å². The second-order valence-electron chi connectivity index (χ2n) is 5.16. The minimum atomic E-state index is -3.45. The van der Waals surface area contributed by atoms with E-state index in [1.165, 1.54) is 0 Å². The van der Waals surface area contributed by atoms with Gasteiger partial charge < -0.3 is 14.2 Å². The van der Waals surface area contributed by atoms with Crippen LogP contribution in [-0.2, 0) is 19.2 Å². The molecule has 2 unspecified atom stereocenters. The summed E-state index contributed by atoms with van der Waals surface area (Å²) in [6.45, 7) is 3.53. The van der Waals surface area contributed by atoms with Crippen LogP contribution in [-0.4, -0.2) is 18.3 Å². The largest absolute Gasteiger partial charge is 0.383 e. The zero-order chi connectivity index (χ0) is 16.1. The molecule has 0 saturated carbocycles. The molecule has 2 rings (SSSR count). The molecule has 0 radical (unpaired) electrons. The predicted octanol–water partition coefficient (Wildman–Crippen LogP) is 3.47. The van der Waals surface area contributed by atoms with Crippen molar-refractivity contribution in [3.8, 4) is 0 Å². The van der Waals surface area contributed by atoms with Crippen LogP contribution in [0.3, 0.4) is 0 Å². The van der Waals surface area contributed by atoms with Gasteiger partial charge in [-0.2, -0.15) is 0 Å². The van der Waals surface area contributed by atoms with E-state index < -0.39 is 13.2 Å². The fourth-order valence-electron chi connectivity index (χ4n) is 2.06. The fraction of sp³-hybridized carbons (Fsp3) is 0.294. The molecule has 1 N–H and O–H groups in total. The Kier molecular flexibility index (Phi) is 5.54. The van der Waals surface area contributed by atoms with Crippen LogP contribution in [0.4, 0.5) is 0 Å². The highest BCUT2D eigenvalue weighted by molar-refractivity contribution is 7.62. The molecule has 2 aromatic rings. The number of hydrogen-bond acceptors (Lipinski definition) is 4. The number of benzene rings is 2. The summed E-state index contributed by atoms with van der Waals surface area (Å²) < 4.78 is 23.9. The first-order valence-electron chi connectivity index (χ1n) is 7.20. The van der Waals surface area contributed by atoms with Crippen LogP contribution in [0.5, 0.6) is 0 Å². The summed E-state index contributed by atoms with van der Waals surface area (Å²) in [5, 5.41) is 11.0. The summed E-state index contributed by atoms with van der Waals surface area (Å²) in [5.74, 6) is 0. The van der Waals surface area contributed by atoms with Gasteiger partial charge >= 0.3 is 7.60 Å². The summed E-state index contributed by atoms with van der Waals surface area (Å²) in [7, 11) is -3.45. The van der Waals surface area contributed by atoms with E-state index >= 15 is 0 Å². The van der Waals surface area contributed by atoms with E-state index in [4.69, 9.17) is 9.05 Å². The molecule has 0 aliphatic heterocycles. The molecular formula is C17H21O4P. The van der Waals surface area contributed by atoms with Crippen molar-refractivity contribution in [1.29, 1.82) is 0 Å². The van der Waals surface area contributed by atoms with Gasteiger partial charge in [-0.3, -0.25) is 4.57 Å². The molecule has 0 aromatic heterocycles. The third-order valence-corrected chi connectivity index (χ3v) is 5.28. The van der Waals surface area contributed by atoms with Gasteiger partial charge in [0, 0.05) is 0 Å². The summed E-state index contributed by atoms with van der Waals surface area (Å²) in [5.41, 5.74) is -0.547. The lowest BCUT2D eigenvalue weighted by Crippen LogP contribution is -2.28. The van der Waals surface area contributed by atoms with Crippen molar-refractivity contribution >= 4 is 12.9 Å². The molecule has 118 valence electrons. The van der Waals surface area contributed by atoms with Gasteiger partial charge in [0.15, 0.2) is 0 Å². The van der Waals surface area contributed by atoms with Crippen LogP contribution in [0.25, 0.3) is 0 Å². The van der Waals surface area contributed by atoms with Crippen molar-refractivity contribution in [1.82, 2.24) is 0 Å². The molecule has 0 bridgehead atoms. The maximum Gasteiger partial charge on any atom is 0.361 e. The van der Waals surface area contributed by atoms with Crippen LogP contribution < -0.4 is 5.30 Å². The number of hydrogen-bond donors (Lipinski definition) is 1. The molecule has 4 nitrogen and oxygen atoms in total. The van der Waals surface area contributed by atoms with Crippen LogP contribution in [0.15, 0.2) is 60.7 Å². The lowest BCUT2D eigenvalue weighted by molar-refractivity contribution is 0.00290. The molecule has 0 aliphatic rings. The topological polar surface area (TPSA) is 55.8 Å². The van der Waals surface area contributed by atoms with Gasteiger partial charge in [0.05, 0.1) is 18.5 Å². The lowest BCUT2D eigenvalue weighted by Gasteiger charge is -2.26. The summed E-state index contributed by atoms with van der Waals surface area (Å²) in [6, 6.07) is 17.9. The molecule has 22 heavy (non-hydrogen) atoms. The maximum atomic E-state index is 12.9. The lowest BCUT2D eigenvalue weighted by atomic mass is 9.97. The standard InChI is InChI=1S/C17H21O4P/c1-3-20-22(19,16-12-8-5-9-13-16)21-14-17(2,18)15-10-6-4-7-11-15/h4-13,18H,3,14H2,1-2H3. The van der Waals surface area contributed by atoms with Gasteiger partial charge in [0.1, 0.15) is 5.60 Å². The third-order valence-electron chi connectivity index (χ3n) is 3.28. The zero-order valence-corrected chi connectivity index (χ0v) is 13.7. The highest BCUT2D eigenvalue weighted by Crippen LogP contribution is 2.48. The second kappa shape index (κ2) is 7.21. The Balaban J connectivity index is 2.18. The molecule has 0 saturated heterocycles. The molecule has 0 spiro atoms. The Hall–Kier alpha value is -1.45. The number of aliphatic hydroxyl groups is 1. The van der Waals surface area contributed by atoms with Crippen molar-refractivity contribution in [2.45, 2.75) is 19.4 Å². The predicted molar refractivity (Wildman–Crippen MR) is 87.3 cm³/mol. The molecule has 2 aromatic carbocycles. The van der Waals surface area contributed by atoms with Gasteiger partial charge in [-0.15, -0.1) is 0 Å². The first kappa shape index (κ1) is 16.9. The molecular weight excluding hydrogens is 299 g/mol. The van der Waals surface area contributed by atoms with E-state index in [1.807, 2.05) is 24.3 Å². The van der Waals surface area contributed by atoms with Gasteiger partial charge in [-0.05, 0) is 31.5 Å². The quantitative estimate of drug-likeness (QED) is 0.794. The van der Waals surface area contributed by atoms with Crippen molar-refractivity contribution < 1.29 is 18.7 Å². The zero-order valence-electron chi connectivity index (χ0n) is 12.8. The summed E-state index contributed by atoms with van der Waals surface area (Å²) >= 11 is 0. The Morgan fingerprint density at radius 1 is 1.00 bits per heavy atom. The minimum Gasteiger partial charge on any atom is -0.383 e. The molecule has 0 aliphatic carbocycles. The highest BCUT2D eigenvalue weighted by Gasteiger charge is 2.32. The van der Waals surface area contributed by atoms with Crippen LogP contribution in [0.2, 0.25) is 0 Å². The Labute approximate surface area is 131 Å². The van der Waals surface area contributed by atoms with Gasteiger partial charge in [-0.1, -0.05) is 48.5 Å². The minimum absolute atomic E-state index is 0.122. The maximum absolute atomic E-state index is 12.9. The molecule has 0 heterocycles. The smallest absolute Gasteiger partial charge is 0.361 e. The SMILES string of the molecule is CCOP(=O)(OCC(C)(O)c1ccccc1)c1ccccc1. The average Bonchev–Trinajstić information content (AvgIpc) is 2.55. The average molecular weight is 320 g/mol. The van der Waals surface area contributed by atoms with Crippen LogP contribution in [0.1, 0.15) is 19.4 Å². The van der Waals surface area contributed by atoms with Gasteiger partial charge in [0.2, 0.25) is 0 Å². The van der Waals surface area contributed by atoms with Gasteiger partial charge in [-0.25, -0.2) is 0 Å². The Morgan fingerprint density at radius 3 is 2.09 bits per heavy atom. The molecule has 5 heteroatoms.